The Labute approximate surface area is 143 Å². The van der Waals surface area contributed by atoms with Crippen LogP contribution < -0.4 is 0 Å². The van der Waals surface area contributed by atoms with Crippen molar-refractivity contribution in [1.29, 1.82) is 0 Å². The highest BCUT2D eigenvalue weighted by Gasteiger charge is 2.70. The zero-order valence-electron chi connectivity index (χ0n) is 13.1. The molecule has 24 heavy (non-hydrogen) atoms. The second kappa shape index (κ2) is 5.62. The van der Waals surface area contributed by atoms with Crippen LogP contribution >= 0.6 is 22.7 Å². The summed E-state index contributed by atoms with van der Waals surface area (Å²) in [5.74, 6) is -0.215. The molecule has 0 nitrogen and oxygen atoms in total. The van der Waals surface area contributed by atoms with Crippen molar-refractivity contribution in [2.45, 2.75) is 57.8 Å². The fourth-order valence-corrected chi connectivity index (χ4v) is 6.31. The SMILES string of the molecule is Cc1cc2sc(C3CCC(C(F)(F)F)(C(F)(F)F)CC3)c(C)c2s1. The Kier molecular flexibility index (Phi) is 4.23. The number of thiophene rings is 2. The molecule has 1 fully saturated rings. The van der Waals surface area contributed by atoms with Crippen molar-refractivity contribution in [3.8, 4) is 0 Å². The molecule has 1 aliphatic rings. The molecule has 134 valence electrons. The molecule has 0 amide bonds. The van der Waals surface area contributed by atoms with Gasteiger partial charge in [0.2, 0.25) is 0 Å². The van der Waals surface area contributed by atoms with Crippen molar-refractivity contribution in [3.05, 3.63) is 21.4 Å². The van der Waals surface area contributed by atoms with E-state index in [0.717, 1.165) is 24.7 Å². The lowest BCUT2D eigenvalue weighted by molar-refractivity contribution is -0.350. The molecule has 3 rings (SSSR count). The van der Waals surface area contributed by atoms with Gasteiger partial charge in [-0.3, -0.25) is 0 Å². The van der Waals surface area contributed by atoms with Crippen LogP contribution in [0.4, 0.5) is 26.3 Å². The van der Waals surface area contributed by atoms with Crippen LogP contribution in [0.1, 0.15) is 46.9 Å². The molecule has 0 atom stereocenters. The molecule has 0 aromatic carbocycles. The van der Waals surface area contributed by atoms with Gasteiger partial charge >= 0.3 is 12.4 Å². The molecule has 8 heteroatoms. The van der Waals surface area contributed by atoms with Crippen LogP contribution in [0.25, 0.3) is 9.40 Å². The van der Waals surface area contributed by atoms with E-state index in [1.54, 1.807) is 11.3 Å². The minimum absolute atomic E-state index is 0.0768. The highest BCUT2D eigenvalue weighted by Crippen LogP contribution is 2.60. The summed E-state index contributed by atoms with van der Waals surface area (Å²) < 4.78 is 81.1. The fourth-order valence-electron chi connectivity index (χ4n) is 3.62. The van der Waals surface area contributed by atoms with Crippen molar-refractivity contribution in [2.24, 2.45) is 5.41 Å². The number of hydrogen-bond acceptors (Lipinski definition) is 2. The third-order valence-corrected chi connectivity index (χ3v) is 7.75. The molecule has 2 aromatic heterocycles. The van der Waals surface area contributed by atoms with Gasteiger partial charge in [-0.25, -0.2) is 0 Å². The summed E-state index contributed by atoms with van der Waals surface area (Å²) in [5.41, 5.74) is -2.53. The molecule has 0 aliphatic heterocycles. The number of alkyl halides is 6. The van der Waals surface area contributed by atoms with Gasteiger partial charge in [-0.1, -0.05) is 0 Å². The van der Waals surface area contributed by atoms with Gasteiger partial charge in [0.05, 0.1) is 0 Å². The van der Waals surface area contributed by atoms with E-state index in [9.17, 15) is 26.3 Å². The van der Waals surface area contributed by atoms with Crippen LogP contribution in [0, 0.1) is 19.3 Å². The molecule has 0 N–H and O–H groups in total. The molecule has 0 saturated heterocycles. The quantitative estimate of drug-likeness (QED) is 0.450. The van der Waals surface area contributed by atoms with E-state index in [2.05, 4.69) is 0 Å². The molecule has 0 unspecified atom stereocenters. The average molecular weight is 386 g/mol. The predicted molar refractivity (Wildman–Crippen MR) is 84.9 cm³/mol. The lowest BCUT2D eigenvalue weighted by Gasteiger charge is -2.42. The third-order valence-electron chi connectivity index (χ3n) is 5.05. The monoisotopic (exact) mass is 386 g/mol. The maximum absolute atomic E-state index is 13.1. The van der Waals surface area contributed by atoms with Crippen LogP contribution in [0.2, 0.25) is 0 Å². The Bertz CT molecular complexity index is 725. The van der Waals surface area contributed by atoms with Crippen LogP contribution in [0.5, 0.6) is 0 Å². The molecule has 0 radical (unpaired) electrons. The highest BCUT2D eigenvalue weighted by atomic mass is 32.1. The molecular weight excluding hydrogens is 370 g/mol. The van der Waals surface area contributed by atoms with Crippen LogP contribution in [0.15, 0.2) is 6.07 Å². The van der Waals surface area contributed by atoms with Crippen molar-refractivity contribution in [3.63, 3.8) is 0 Å². The minimum atomic E-state index is -5.25. The second-order valence-corrected chi connectivity index (χ2v) is 8.83. The van der Waals surface area contributed by atoms with Gasteiger partial charge in [-0.05, 0) is 57.1 Å². The summed E-state index contributed by atoms with van der Waals surface area (Å²) in [4.78, 5) is 2.11. The molecular formula is C16H16F6S2. The van der Waals surface area contributed by atoms with Crippen molar-refractivity contribution in [2.75, 3.05) is 0 Å². The second-order valence-electron chi connectivity index (χ2n) is 6.49. The Balaban J connectivity index is 1.88. The lowest BCUT2D eigenvalue weighted by atomic mass is 9.68. The van der Waals surface area contributed by atoms with Gasteiger partial charge in [0.25, 0.3) is 0 Å². The van der Waals surface area contributed by atoms with Crippen LogP contribution in [0.3, 0.4) is 0 Å². The lowest BCUT2D eigenvalue weighted by Crippen LogP contribution is -2.51. The van der Waals surface area contributed by atoms with Gasteiger partial charge in [0.1, 0.15) is 0 Å². The van der Waals surface area contributed by atoms with Crippen LogP contribution in [-0.4, -0.2) is 12.4 Å². The number of aryl methyl sites for hydroxylation is 2. The summed E-state index contributed by atoms with van der Waals surface area (Å²) >= 11 is 3.14. The standard InChI is InChI=1S/C16H16F6S2/c1-8-7-11-13(23-8)9(2)12(24-11)10-3-5-14(6-4-10,15(17,18)19)16(20,21)22/h7,10H,3-6H2,1-2H3. The highest BCUT2D eigenvalue weighted by molar-refractivity contribution is 7.28. The number of halogens is 6. The molecule has 1 saturated carbocycles. The van der Waals surface area contributed by atoms with E-state index in [1.807, 2.05) is 19.9 Å². The maximum atomic E-state index is 13.1. The summed E-state index contributed by atoms with van der Waals surface area (Å²) in [7, 11) is 0. The summed E-state index contributed by atoms with van der Waals surface area (Å²) in [6.07, 6.45) is -12.4. The first kappa shape index (κ1) is 18.0. The Hall–Kier alpha value is -0.760. The van der Waals surface area contributed by atoms with Crippen LogP contribution in [-0.2, 0) is 0 Å². The van der Waals surface area contributed by atoms with Gasteiger partial charge in [-0.2, -0.15) is 26.3 Å². The molecule has 1 aliphatic carbocycles. The normalized spacial score (nSPS) is 20.0. The summed E-state index contributed by atoms with van der Waals surface area (Å²) in [6.45, 7) is 3.90. The van der Waals surface area contributed by atoms with Gasteiger partial charge < -0.3 is 0 Å². The molecule has 2 heterocycles. The van der Waals surface area contributed by atoms with Crippen molar-refractivity contribution >= 4 is 32.1 Å². The summed E-state index contributed by atoms with van der Waals surface area (Å²) in [6, 6.07) is 2.03. The van der Waals surface area contributed by atoms with E-state index in [0.29, 0.717) is 0 Å². The Morgan fingerprint density at radius 1 is 0.958 bits per heavy atom. The van der Waals surface area contributed by atoms with Crippen molar-refractivity contribution in [1.82, 2.24) is 0 Å². The Morgan fingerprint density at radius 3 is 1.96 bits per heavy atom. The molecule has 0 spiro atoms. The topological polar surface area (TPSA) is 0 Å². The van der Waals surface area contributed by atoms with E-state index < -0.39 is 30.6 Å². The molecule has 0 bridgehead atoms. The van der Waals surface area contributed by atoms with Gasteiger partial charge in [0, 0.05) is 19.2 Å². The van der Waals surface area contributed by atoms with E-state index >= 15 is 0 Å². The largest absolute Gasteiger partial charge is 0.403 e. The van der Waals surface area contributed by atoms with Crippen molar-refractivity contribution < 1.29 is 26.3 Å². The van der Waals surface area contributed by atoms with E-state index in [-0.39, 0.29) is 18.8 Å². The van der Waals surface area contributed by atoms with E-state index in [4.69, 9.17) is 0 Å². The number of hydrogen-bond donors (Lipinski definition) is 0. The summed E-state index contributed by atoms with van der Waals surface area (Å²) in [5, 5.41) is 0. The zero-order valence-corrected chi connectivity index (χ0v) is 14.7. The van der Waals surface area contributed by atoms with E-state index in [1.165, 1.54) is 11.3 Å². The smallest absolute Gasteiger partial charge is 0.170 e. The minimum Gasteiger partial charge on any atom is -0.170 e. The fraction of sp³-hybridized carbons (Fsp3) is 0.625. The predicted octanol–water partition coefficient (Wildman–Crippen LogP) is 7.35. The zero-order chi connectivity index (χ0) is 17.9. The average Bonchev–Trinajstić information content (AvgIpc) is 2.95. The first-order valence-corrected chi connectivity index (χ1v) is 9.22. The van der Waals surface area contributed by atoms with Gasteiger partial charge in [0.15, 0.2) is 5.41 Å². The number of rotatable bonds is 1. The molecule has 2 aromatic rings. The first-order valence-electron chi connectivity index (χ1n) is 7.59. The Morgan fingerprint density at radius 2 is 1.50 bits per heavy atom. The first-order chi connectivity index (χ1) is 11.0. The maximum Gasteiger partial charge on any atom is 0.403 e. The van der Waals surface area contributed by atoms with Gasteiger partial charge in [-0.15, -0.1) is 22.7 Å². The number of fused-ring (bicyclic) bond motifs is 1. The third kappa shape index (κ3) is 2.66.